The Balaban J connectivity index is 2.37. The number of pyridine rings is 1. The Morgan fingerprint density at radius 1 is 1.21 bits per heavy atom. The summed E-state index contributed by atoms with van der Waals surface area (Å²) in [6.07, 6.45) is 5.64. The van der Waals surface area contributed by atoms with E-state index in [-0.39, 0.29) is 0 Å². The van der Waals surface area contributed by atoms with Crippen LogP contribution in [0.4, 0.5) is 5.69 Å². The van der Waals surface area contributed by atoms with Gasteiger partial charge in [0.1, 0.15) is 0 Å². The van der Waals surface area contributed by atoms with Crippen LogP contribution < -0.4 is 10.6 Å². The molecule has 3 heteroatoms. The molecule has 0 saturated heterocycles. The molecule has 0 aliphatic heterocycles. The third-order valence-corrected chi connectivity index (χ3v) is 3.52. The minimum atomic E-state index is 0.533. The molecule has 0 atom stereocenters. The summed E-state index contributed by atoms with van der Waals surface area (Å²) in [5.41, 5.74) is 9.27. The van der Waals surface area contributed by atoms with Gasteiger partial charge in [0.2, 0.25) is 0 Å². The van der Waals surface area contributed by atoms with Crippen LogP contribution >= 0.6 is 0 Å². The molecule has 2 rings (SSSR count). The number of nitrogens with two attached hydrogens (primary N) is 1. The van der Waals surface area contributed by atoms with Crippen LogP contribution in [0, 0.1) is 0 Å². The molecule has 2 N–H and O–H groups in total. The van der Waals surface area contributed by atoms with Crippen molar-refractivity contribution in [2.45, 2.75) is 32.7 Å². The van der Waals surface area contributed by atoms with Gasteiger partial charge in [0.25, 0.3) is 0 Å². The minimum Gasteiger partial charge on any atom is -0.374 e. The lowest BCUT2D eigenvalue weighted by atomic mass is 10.1. The Bertz CT molecular complexity index is 537. The molecular weight excluding hydrogens is 234 g/mol. The topological polar surface area (TPSA) is 42.1 Å². The molecule has 0 bridgehead atoms. The summed E-state index contributed by atoms with van der Waals surface area (Å²) in [6, 6.07) is 8.28. The Hall–Kier alpha value is -1.61. The van der Waals surface area contributed by atoms with Gasteiger partial charge < -0.3 is 10.6 Å². The molecule has 0 fully saturated rings. The van der Waals surface area contributed by atoms with Gasteiger partial charge >= 0.3 is 0 Å². The lowest BCUT2D eigenvalue weighted by Crippen LogP contribution is -2.21. The Kier molecular flexibility index (Phi) is 4.74. The summed E-state index contributed by atoms with van der Waals surface area (Å²) < 4.78 is 0. The number of aromatic nitrogens is 1. The average molecular weight is 257 g/mol. The van der Waals surface area contributed by atoms with Crippen LogP contribution in [0.3, 0.4) is 0 Å². The van der Waals surface area contributed by atoms with Crippen molar-refractivity contribution in [3.05, 3.63) is 36.0 Å². The SMILES string of the molecule is CCCCCN(C)c1c(CN)cnc2ccccc12. The predicted molar refractivity (Wildman–Crippen MR) is 82.4 cm³/mol. The first-order valence-corrected chi connectivity index (χ1v) is 7.05. The van der Waals surface area contributed by atoms with Gasteiger partial charge in [-0.15, -0.1) is 0 Å². The number of unbranched alkanes of at least 4 members (excludes halogenated alkanes) is 2. The lowest BCUT2D eigenvalue weighted by molar-refractivity contribution is 0.704. The van der Waals surface area contributed by atoms with Crippen LogP contribution in [0.2, 0.25) is 0 Å². The van der Waals surface area contributed by atoms with E-state index in [9.17, 15) is 0 Å². The van der Waals surface area contributed by atoms with Gasteiger partial charge in [0.15, 0.2) is 0 Å². The maximum absolute atomic E-state index is 5.87. The second kappa shape index (κ2) is 6.53. The molecule has 1 heterocycles. The molecule has 102 valence electrons. The van der Waals surface area contributed by atoms with Gasteiger partial charge in [-0.3, -0.25) is 4.98 Å². The molecule has 19 heavy (non-hydrogen) atoms. The van der Waals surface area contributed by atoms with E-state index in [4.69, 9.17) is 5.73 Å². The van der Waals surface area contributed by atoms with Crippen molar-refractivity contribution in [3.8, 4) is 0 Å². The van der Waals surface area contributed by atoms with Gasteiger partial charge in [-0.1, -0.05) is 38.0 Å². The number of hydrogen-bond donors (Lipinski definition) is 1. The fraction of sp³-hybridized carbons (Fsp3) is 0.438. The van der Waals surface area contributed by atoms with E-state index in [1.165, 1.54) is 30.3 Å². The highest BCUT2D eigenvalue weighted by Gasteiger charge is 2.11. The fourth-order valence-corrected chi connectivity index (χ4v) is 2.48. The zero-order chi connectivity index (χ0) is 13.7. The number of benzene rings is 1. The highest BCUT2D eigenvalue weighted by Crippen LogP contribution is 2.28. The monoisotopic (exact) mass is 257 g/mol. The smallest absolute Gasteiger partial charge is 0.0723 e. The largest absolute Gasteiger partial charge is 0.374 e. The summed E-state index contributed by atoms with van der Waals surface area (Å²) in [5, 5.41) is 1.20. The standard InChI is InChI=1S/C16H23N3/c1-3-4-7-10-19(2)16-13(11-17)12-18-15-9-6-5-8-14(15)16/h5-6,8-9,12H,3-4,7,10-11,17H2,1-2H3. The summed E-state index contributed by atoms with van der Waals surface area (Å²) in [6.45, 7) is 3.83. The van der Waals surface area contributed by atoms with E-state index in [2.05, 4.69) is 42.1 Å². The van der Waals surface area contributed by atoms with Crippen molar-refractivity contribution in [3.63, 3.8) is 0 Å². The number of rotatable bonds is 6. The number of nitrogens with zero attached hydrogens (tertiary/aromatic N) is 2. The Morgan fingerprint density at radius 2 is 2.00 bits per heavy atom. The van der Waals surface area contributed by atoms with Crippen molar-refractivity contribution in [1.29, 1.82) is 0 Å². The van der Waals surface area contributed by atoms with Gasteiger partial charge in [0.05, 0.1) is 11.2 Å². The van der Waals surface area contributed by atoms with Crippen LogP contribution in [0.15, 0.2) is 30.5 Å². The molecule has 0 spiro atoms. The van der Waals surface area contributed by atoms with Gasteiger partial charge in [0, 0.05) is 37.3 Å². The normalized spacial score (nSPS) is 10.9. The van der Waals surface area contributed by atoms with Crippen LogP contribution in [0.1, 0.15) is 31.7 Å². The zero-order valence-electron chi connectivity index (χ0n) is 11.9. The number of hydrogen-bond acceptors (Lipinski definition) is 3. The van der Waals surface area contributed by atoms with Gasteiger partial charge in [-0.05, 0) is 12.5 Å². The molecule has 2 aromatic rings. The van der Waals surface area contributed by atoms with E-state index in [1.807, 2.05) is 12.3 Å². The first kappa shape index (κ1) is 13.8. The molecule has 0 unspecified atom stereocenters. The van der Waals surface area contributed by atoms with Crippen LogP contribution in [-0.4, -0.2) is 18.6 Å². The number of fused-ring (bicyclic) bond motifs is 1. The number of anilines is 1. The molecule has 1 aromatic carbocycles. The second-order valence-corrected chi connectivity index (χ2v) is 4.98. The predicted octanol–water partition coefficient (Wildman–Crippen LogP) is 3.32. The van der Waals surface area contributed by atoms with Gasteiger partial charge in [-0.25, -0.2) is 0 Å². The minimum absolute atomic E-state index is 0.533. The van der Waals surface area contributed by atoms with Crippen molar-refractivity contribution >= 4 is 16.6 Å². The van der Waals surface area contributed by atoms with E-state index in [0.717, 1.165) is 17.6 Å². The highest BCUT2D eigenvalue weighted by molar-refractivity contribution is 5.93. The zero-order valence-corrected chi connectivity index (χ0v) is 11.9. The second-order valence-electron chi connectivity index (χ2n) is 4.98. The third-order valence-electron chi connectivity index (χ3n) is 3.52. The molecule has 0 saturated carbocycles. The van der Waals surface area contributed by atoms with Crippen molar-refractivity contribution in [1.82, 2.24) is 4.98 Å². The maximum Gasteiger partial charge on any atom is 0.0723 e. The molecule has 0 amide bonds. The van der Waals surface area contributed by atoms with Crippen molar-refractivity contribution < 1.29 is 0 Å². The van der Waals surface area contributed by atoms with E-state index in [0.29, 0.717) is 6.54 Å². The molecule has 1 aromatic heterocycles. The molecule has 0 aliphatic rings. The van der Waals surface area contributed by atoms with E-state index < -0.39 is 0 Å². The molecule has 0 aliphatic carbocycles. The van der Waals surface area contributed by atoms with E-state index in [1.54, 1.807) is 0 Å². The molecular formula is C16H23N3. The summed E-state index contributed by atoms with van der Waals surface area (Å²) in [4.78, 5) is 6.81. The highest BCUT2D eigenvalue weighted by atomic mass is 15.1. The van der Waals surface area contributed by atoms with Crippen LogP contribution in [0.5, 0.6) is 0 Å². The molecule has 3 nitrogen and oxygen atoms in total. The van der Waals surface area contributed by atoms with Crippen LogP contribution in [-0.2, 0) is 6.54 Å². The summed E-state index contributed by atoms with van der Waals surface area (Å²) in [7, 11) is 2.15. The first-order chi connectivity index (χ1) is 9.27. The van der Waals surface area contributed by atoms with Gasteiger partial charge in [-0.2, -0.15) is 0 Å². The van der Waals surface area contributed by atoms with Crippen molar-refractivity contribution in [2.75, 3.05) is 18.5 Å². The van der Waals surface area contributed by atoms with Crippen molar-refractivity contribution in [2.24, 2.45) is 5.73 Å². The first-order valence-electron chi connectivity index (χ1n) is 7.05. The maximum atomic E-state index is 5.87. The Labute approximate surface area is 115 Å². The summed E-state index contributed by atoms with van der Waals surface area (Å²) in [5.74, 6) is 0. The van der Waals surface area contributed by atoms with E-state index >= 15 is 0 Å². The van der Waals surface area contributed by atoms with Crippen LogP contribution in [0.25, 0.3) is 10.9 Å². The number of para-hydroxylation sites is 1. The average Bonchev–Trinajstić information content (AvgIpc) is 2.46. The lowest BCUT2D eigenvalue weighted by Gasteiger charge is -2.23. The quantitative estimate of drug-likeness (QED) is 0.807. The molecule has 0 radical (unpaired) electrons. The third kappa shape index (κ3) is 3.04. The summed E-state index contributed by atoms with van der Waals surface area (Å²) >= 11 is 0. The fourth-order valence-electron chi connectivity index (χ4n) is 2.48. The Morgan fingerprint density at radius 3 is 2.74 bits per heavy atom.